The van der Waals surface area contributed by atoms with Crippen molar-refractivity contribution in [2.75, 3.05) is 6.54 Å². The summed E-state index contributed by atoms with van der Waals surface area (Å²) in [4.78, 5) is 0. The highest BCUT2D eigenvalue weighted by Crippen LogP contribution is 2.51. The number of allylic oxidation sites excluding steroid dienone is 8. The second-order valence-corrected chi connectivity index (χ2v) is 11.8. The summed E-state index contributed by atoms with van der Waals surface area (Å²) in [5.41, 5.74) is 12.6. The van der Waals surface area contributed by atoms with Crippen molar-refractivity contribution in [2.24, 2.45) is 5.41 Å². The smallest absolute Gasteiger partial charge is 0.0140 e. The molecular formula is C40H45N. The van der Waals surface area contributed by atoms with Gasteiger partial charge in [-0.1, -0.05) is 142 Å². The molecular weight excluding hydrogens is 494 g/mol. The van der Waals surface area contributed by atoms with Gasteiger partial charge >= 0.3 is 0 Å². The van der Waals surface area contributed by atoms with E-state index in [2.05, 4.69) is 148 Å². The van der Waals surface area contributed by atoms with E-state index in [0.29, 0.717) is 6.04 Å². The first-order valence-electron chi connectivity index (χ1n) is 15.4. The van der Waals surface area contributed by atoms with Gasteiger partial charge in [-0.25, -0.2) is 0 Å². The predicted molar refractivity (Wildman–Crippen MR) is 178 cm³/mol. The van der Waals surface area contributed by atoms with Crippen LogP contribution in [0.4, 0.5) is 0 Å². The van der Waals surface area contributed by atoms with Gasteiger partial charge in [-0.2, -0.15) is 0 Å². The van der Waals surface area contributed by atoms with E-state index < -0.39 is 0 Å². The molecule has 0 fully saturated rings. The Labute approximate surface area is 248 Å². The van der Waals surface area contributed by atoms with Gasteiger partial charge in [0.05, 0.1) is 0 Å². The molecule has 41 heavy (non-hydrogen) atoms. The van der Waals surface area contributed by atoms with Crippen LogP contribution < -0.4 is 5.32 Å². The Balaban J connectivity index is 1.23. The molecule has 5 rings (SSSR count). The van der Waals surface area contributed by atoms with E-state index in [-0.39, 0.29) is 5.41 Å². The zero-order chi connectivity index (χ0) is 28.7. The Morgan fingerprint density at radius 1 is 0.854 bits per heavy atom. The Kier molecular flexibility index (Phi) is 9.37. The molecule has 1 nitrogen and oxygen atoms in total. The molecule has 3 aromatic rings. The summed E-state index contributed by atoms with van der Waals surface area (Å²) in [6.45, 7) is 10.2. The maximum atomic E-state index is 3.79. The second-order valence-electron chi connectivity index (χ2n) is 11.8. The monoisotopic (exact) mass is 539 g/mol. The van der Waals surface area contributed by atoms with E-state index in [1.165, 1.54) is 51.0 Å². The molecule has 1 unspecified atom stereocenters. The van der Waals surface area contributed by atoms with Crippen molar-refractivity contribution >= 4 is 5.57 Å². The lowest BCUT2D eigenvalue weighted by Crippen LogP contribution is -2.30. The fourth-order valence-corrected chi connectivity index (χ4v) is 6.67. The minimum Gasteiger partial charge on any atom is -0.310 e. The van der Waals surface area contributed by atoms with E-state index in [1.54, 1.807) is 5.57 Å². The molecule has 2 aliphatic carbocycles. The van der Waals surface area contributed by atoms with Crippen molar-refractivity contribution in [2.45, 2.75) is 65.8 Å². The third-order valence-corrected chi connectivity index (χ3v) is 8.94. The van der Waals surface area contributed by atoms with Crippen LogP contribution in [-0.2, 0) is 6.42 Å². The van der Waals surface area contributed by atoms with Crippen LogP contribution in [0.5, 0.6) is 0 Å². The van der Waals surface area contributed by atoms with E-state index in [1.807, 2.05) is 0 Å². The average molecular weight is 540 g/mol. The number of benzene rings is 3. The molecule has 0 amide bonds. The number of nitrogens with one attached hydrogen (secondary N) is 1. The number of rotatable bonds is 9. The van der Waals surface area contributed by atoms with Crippen LogP contribution in [-0.4, -0.2) is 12.6 Å². The molecule has 210 valence electrons. The first-order chi connectivity index (χ1) is 20.0. The zero-order valence-electron chi connectivity index (χ0n) is 25.3. The SMILES string of the molecule is C/C=C1/C(/C=C\CNC2CC=C(c3ccccc3)CC2)=C(CC)C(C)(C)/C1=C/Cc1ccc(-c2ccccc2)cc1. The summed E-state index contributed by atoms with van der Waals surface area (Å²) in [5.74, 6) is 0. The van der Waals surface area contributed by atoms with E-state index >= 15 is 0 Å². The molecule has 2 aliphatic rings. The van der Waals surface area contributed by atoms with Gasteiger partial charge in [0.15, 0.2) is 0 Å². The van der Waals surface area contributed by atoms with E-state index in [0.717, 1.165) is 32.2 Å². The van der Waals surface area contributed by atoms with E-state index in [9.17, 15) is 0 Å². The molecule has 0 saturated heterocycles. The maximum Gasteiger partial charge on any atom is 0.0140 e. The third kappa shape index (κ3) is 6.63. The summed E-state index contributed by atoms with van der Waals surface area (Å²) < 4.78 is 0. The molecule has 0 radical (unpaired) electrons. The molecule has 0 heterocycles. The van der Waals surface area contributed by atoms with Crippen LogP contribution in [0.25, 0.3) is 16.7 Å². The molecule has 0 saturated carbocycles. The van der Waals surface area contributed by atoms with Crippen molar-refractivity contribution in [1.29, 1.82) is 0 Å². The molecule has 3 aromatic carbocycles. The Morgan fingerprint density at radius 2 is 1.51 bits per heavy atom. The van der Waals surface area contributed by atoms with Crippen molar-refractivity contribution in [1.82, 2.24) is 5.32 Å². The molecule has 0 aromatic heterocycles. The largest absolute Gasteiger partial charge is 0.310 e. The van der Waals surface area contributed by atoms with Gasteiger partial charge in [-0.3, -0.25) is 0 Å². The topological polar surface area (TPSA) is 12.0 Å². The van der Waals surface area contributed by atoms with Crippen molar-refractivity contribution in [3.63, 3.8) is 0 Å². The molecule has 1 heteroatoms. The summed E-state index contributed by atoms with van der Waals surface area (Å²) in [6.07, 6.45) is 17.4. The molecule has 0 aliphatic heterocycles. The second kappa shape index (κ2) is 13.3. The minimum atomic E-state index is 0.0374. The van der Waals surface area contributed by atoms with Crippen LogP contribution in [0.3, 0.4) is 0 Å². The first-order valence-corrected chi connectivity index (χ1v) is 15.4. The summed E-state index contributed by atoms with van der Waals surface area (Å²) in [7, 11) is 0. The Hall–Kier alpha value is -3.68. The van der Waals surface area contributed by atoms with Crippen LogP contribution in [0.15, 0.2) is 138 Å². The van der Waals surface area contributed by atoms with Gasteiger partial charge in [0.2, 0.25) is 0 Å². The Morgan fingerprint density at radius 3 is 2.12 bits per heavy atom. The highest BCUT2D eigenvalue weighted by molar-refractivity contribution is 5.67. The molecule has 0 spiro atoms. The van der Waals surface area contributed by atoms with E-state index in [4.69, 9.17) is 0 Å². The van der Waals surface area contributed by atoms with Gasteiger partial charge in [-0.15, -0.1) is 0 Å². The van der Waals surface area contributed by atoms with Gasteiger partial charge in [0.25, 0.3) is 0 Å². The normalized spacial score (nSPS) is 20.8. The summed E-state index contributed by atoms with van der Waals surface area (Å²) in [6, 6.07) is 31.1. The first kappa shape index (κ1) is 28.8. The Bertz CT molecular complexity index is 1460. The number of hydrogen-bond acceptors (Lipinski definition) is 1. The molecule has 1 atom stereocenters. The fraction of sp³-hybridized carbons (Fsp3) is 0.300. The van der Waals surface area contributed by atoms with Crippen LogP contribution in [0.1, 0.15) is 64.5 Å². The zero-order valence-corrected chi connectivity index (χ0v) is 25.3. The van der Waals surface area contributed by atoms with Crippen molar-refractivity contribution in [3.05, 3.63) is 149 Å². The van der Waals surface area contributed by atoms with Gasteiger partial charge < -0.3 is 5.32 Å². The van der Waals surface area contributed by atoms with Gasteiger partial charge in [0.1, 0.15) is 0 Å². The molecule has 0 bridgehead atoms. The lowest BCUT2D eigenvalue weighted by atomic mass is 9.79. The van der Waals surface area contributed by atoms with Gasteiger partial charge in [0, 0.05) is 18.0 Å². The maximum absolute atomic E-state index is 3.79. The number of hydrogen-bond donors (Lipinski definition) is 1. The summed E-state index contributed by atoms with van der Waals surface area (Å²) in [5, 5.41) is 3.79. The minimum absolute atomic E-state index is 0.0374. The predicted octanol–water partition coefficient (Wildman–Crippen LogP) is 10.3. The van der Waals surface area contributed by atoms with Gasteiger partial charge in [-0.05, 0) is 83.6 Å². The van der Waals surface area contributed by atoms with Crippen LogP contribution in [0, 0.1) is 5.41 Å². The quantitative estimate of drug-likeness (QED) is 0.285. The average Bonchev–Trinajstić information content (AvgIpc) is 3.23. The fourth-order valence-electron chi connectivity index (χ4n) is 6.67. The lowest BCUT2D eigenvalue weighted by molar-refractivity contribution is 0.503. The standard InChI is InChI=1S/C40H45N/c1-5-36-37(18-13-29-41-35-26-24-34(25-27-35)32-16-11-8-12-17-32)38(6-2)40(3,4)39(36)28-21-30-19-22-33(23-20-30)31-14-9-7-10-15-31/h5,7-20,22-24,28,35,41H,6,21,25-27,29H2,1-4H3/b18-13-,36-5-,39-28+. The van der Waals surface area contributed by atoms with Crippen LogP contribution in [0.2, 0.25) is 0 Å². The third-order valence-electron chi connectivity index (χ3n) is 8.94. The highest BCUT2D eigenvalue weighted by atomic mass is 14.9. The molecule has 1 N–H and O–H groups in total. The van der Waals surface area contributed by atoms with Crippen molar-refractivity contribution < 1.29 is 0 Å². The lowest BCUT2D eigenvalue weighted by Gasteiger charge is -2.25. The van der Waals surface area contributed by atoms with Crippen molar-refractivity contribution in [3.8, 4) is 11.1 Å². The highest BCUT2D eigenvalue weighted by Gasteiger charge is 2.37. The summed E-state index contributed by atoms with van der Waals surface area (Å²) >= 11 is 0. The van der Waals surface area contributed by atoms with Crippen LogP contribution >= 0.6 is 0 Å².